The lowest BCUT2D eigenvalue weighted by Gasteiger charge is -2.38. The van der Waals surface area contributed by atoms with Gasteiger partial charge in [-0.25, -0.2) is 0 Å². The highest BCUT2D eigenvalue weighted by Crippen LogP contribution is 2.35. The maximum atomic E-state index is 13.2. The molecule has 5 nitrogen and oxygen atoms in total. The molecule has 1 unspecified atom stereocenters. The lowest BCUT2D eigenvalue weighted by Crippen LogP contribution is -2.47. The average Bonchev–Trinajstić information content (AvgIpc) is 2.98. The first-order valence-electron chi connectivity index (χ1n) is 10.5. The number of carbonyl (C=O) groups excluding carboxylic acids is 2. The topological polar surface area (TPSA) is 52.7 Å². The number of nitrogens with zero attached hydrogens (tertiary/aromatic N) is 2. The number of anilines is 1. The van der Waals surface area contributed by atoms with Crippen molar-refractivity contribution < 1.29 is 9.59 Å². The van der Waals surface area contributed by atoms with Gasteiger partial charge >= 0.3 is 0 Å². The summed E-state index contributed by atoms with van der Waals surface area (Å²) in [7, 11) is 2.14. The Morgan fingerprint density at radius 1 is 1.19 bits per heavy atom. The van der Waals surface area contributed by atoms with E-state index in [9.17, 15) is 9.59 Å². The molecular formula is C22H33N3O2. The number of likely N-dealkylation sites (tertiary alicyclic amines) is 1. The molecule has 0 bridgehead atoms. The van der Waals surface area contributed by atoms with Crippen LogP contribution in [0.5, 0.6) is 0 Å². The van der Waals surface area contributed by atoms with Crippen LogP contribution in [0.25, 0.3) is 0 Å². The number of carbonyl (C=O) groups is 2. The maximum absolute atomic E-state index is 13.2. The fourth-order valence-corrected chi connectivity index (χ4v) is 4.30. The molecule has 2 aliphatic rings. The summed E-state index contributed by atoms with van der Waals surface area (Å²) >= 11 is 0. The predicted molar refractivity (Wildman–Crippen MR) is 109 cm³/mol. The average molecular weight is 372 g/mol. The Bertz CT molecular complexity index is 653. The number of hydrogen-bond donors (Lipinski definition) is 1. The molecule has 1 N–H and O–H groups in total. The van der Waals surface area contributed by atoms with Crippen LogP contribution in [0.1, 0.15) is 63.4 Å². The number of benzene rings is 1. The number of fused-ring (bicyclic) bond motifs is 1. The number of nitrogens with one attached hydrogen (secondary N) is 1. The first kappa shape index (κ1) is 19.9. The predicted octanol–water partition coefficient (Wildman–Crippen LogP) is 3.62. The summed E-state index contributed by atoms with van der Waals surface area (Å²) in [5.74, 6) is -0.255. The van der Waals surface area contributed by atoms with Crippen molar-refractivity contribution in [3.8, 4) is 0 Å². The minimum absolute atomic E-state index is 0.0427. The van der Waals surface area contributed by atoms with Crippen molar-refractivity contribution >= 4 is 17.5 Å². The summed E-state index contributed by atoms with van der Waals surface area (Å²) in [6, 6.07) is 8.05. The van der Waals surface area contributed by atoms with Gasteiger partial charge in [-0.3, -0.25) is 9.59 Å². The number of amides is 2. The highest BCUT2D eigenvalue weighted by molar-refractivity contribution is 6.04. The molecule has 5 heteroatoms. The molecule has 2 heterocycles. The number of piperidine rings is 1. The molecule has 0 aromatic heterocycles. The summed E-state index contributed by atoms with van der Waals surface area (Å²) in [4.78, 5) is 30.1. The fraction of sp³-hybridized carbons (Fsp3) is 0.636. The fourth-order valence-electron chi connectivity index (χ4n) is 4.30. The van der Waals surface area contributed by atoms with E-state index in [1.165, 1.54) is 19.3 Å². The Morgan fingerprint density at radius 3 is 2.67 bits per heavy atom. The molecule has 1 saturated heterocycles. The van der Waals surface area contributed by atoms with Gasteiger partial charge in [0.25, 0.3) is 0 Å². The van der Waals surface area contributed by atoms with Crippen LogP contribution in [-0.4, -0.2) is 54.3 Å². The second-order valence-electron chi connectivity index (χ2n) is 8.02. The molecule has 0 saturated carbocycles. The second-order valence-corrected chi connectivity index (χ2v) is 8.02. The largest absolute Gasteiger partial charge is 0.340 e. The molecular weight excluding hydrogens is 338 g/mol. The Balaban J connectivity index is 1.67. The normalized spacial score (nSPS) is 20.4. The highest BCUT2D eigenvalue weighted by atomic mass is 16.2. The van der Waals surface area contributed by atoms with Crippen LogP contribution in [0, 0.1) is 0 Å². The summed E-state index contributed by atoms with van der Waals surface area (Å²) in [6.45, 7) is 5.10. The second kappa shape index (κ2) is 9.36. The van der Waals surface area contributed by atoms with E-state index in [2.05, 4.69) is 29.1 Å². The minimum atomic E-state index is -0.349. The van der Waals surface area contributed by atoms with E-state index in [4.69, 9.17) is 0 Å². The van der Waals surface area contributed by atoms with Crippen molar-refractivity contribution in [2.24, 2.45) is 0 Å². The third kappa shape index (κ3) is 4.89. The molecule has 0 aliphatic carbocycles. The third-order valence-electron chi connectivity index (χ3n) is 5.99. The van der Waals surface area contributed by atoms with Gasteiger partial charge in [-0.05, 0) is 51.0 Å². The van der Waals surface area contributed by atoms with Gasteiger partial charge in [0, 0.05) is 24.7 Å². The molecule has 148 valence electrons. The van der Waals surface area contributed by atoms with Crippen molar-refractivity contribution in [3.05, 3.63) is 29.8 Å². The molecule has 1 aromatic rings. The molecule has 1 fully saturated rings. The smallest absolute Gasteiger partial charge is 0.232 e. The summed E-state index contributed by atoms with van der Waals surface area (Å²) in [5.41, 5.74) is 1.82. The lowest BCUT2D eigenvalue weighted by atomic mass is 9.95. The SMILES string of the molecule is CCCCCCN(C(=O)CC1C(=O)Nc2ccccc21)C1CCN(C)CC1. The van der Waals surface area contributed by atoms with E-state index < -0.39 is 0 Å². The highest BCUT2D eigenvalue weighted by Gasteiger charge is 2.35. The van der Waals surface area contributed by atoms with E-state index in [0.29, 0.717) is 6.04 Å². The molecule has 27 heavy (non-hydrogen) atoms. The van der Waals surface area contributed by atoms with Gasteiger partial charge in [-0.1, -0.05) is 44.4 Å². The third-order valence-corrected chi connectivity index (χ3v) is 5.99. The van der Waals surface area contributed by atoms with Crippen LogP contribution < -0.4 is 5.32 Å². The van der Waals surface area contributed by atoms with Crippen molar-refractivity contribution in [2.45, 2.75) is 63.8 Å². The lowest BCUT2D eigenvalue weighted by molar-refractivity contribution is -0.136. The summed E-state index contributed by atoms with van der Waals surface area (Å²) in [5, 5.41) is 2.92. The summed E-state index contributed by atoms with van der Waals surface area (Å²) < 4.78 is 0. The first-order valence-corrected chi connectivity index (χ1v) is 10.5. The van der Waals surface area contributed by atoms with Crippen LogP contribution in [0.2, 0.25) is 0 Å². The zero-order valence-electron chi connectivity index (χ0n) is 16.7. The summed E-state index contributed by atoms with van der Waals surface area (Å²) in [6.07, 6.45) is 6.98. The van der Waals surface area contributed by atoms with E-state index in [-0.39, 0.29) is 24.2 Å². The van der Waals surface area contributed by atoms with Gasteiger partial charge in [0.05, 0.1) is 5.92 Å². The number of para-hydroxylation sites is 1. The molecule has 2 amide bonds. The monoisotopic (exact) mass is 371 g/mol. The zero-order chi connectivity index (χ0) is 19.2. The van der Waals surface area contributed by atoms with Gasteiger partial charge in [-0.15, -0.1) is 0 Å². The zero-order valence-corrected chi connectivity index (χ0v) is 16.7. The Morgan fingerprint density at radius 2 is 1.93 bits per heavy atom. The Labute approximate surface area is 163 Å². The quantitative estimate of drug-likeness (QED) is 0.710. The molecule has 1 atom stereocenters. The van der Waals surface area contributed by atoms with Crippen LogP contribution >= 0.6 is 0 Å². The molecule has 2 aliphatic heterocycles. The van der Waals surface area contributed by atoms with E-state index in [1.807, 2.05) is 24.3 Å². The van der Waals surface area contributed by atoms with Crippen molar-refractivity contribution in [3.63, 3.8) is 0 Å². The standard InChI is InChI=1S/C22H33N3O2/c1-3-4-5-8-13-25(17-11-14-24(2)15-12-17)21(26)16-19-18-9-6-7-10-20(18)23-22(19)27/h6-7,9-10,17,19H,3-5,8,11-16H2,1-2H3,(H,23,27). The Kier molecular flexibility index (Phi) is 6.89. The van der Waals surface area contributed by atoms with Crippen LogP contribution in [0.4, 0.5) is 5.69 Å². The van der Waals surface area contributed by atoms with Crippen molar-refractivity contribution in [2.75, 3.05) is 32.0 Å². The molecule has 0 spiro atoms. The number of rotatable bonds is 8. The van der Waals surface area contributed by atoms with Gasteiger partial charge in [0.1, 0.15) is 0 Å². The van der Waals surface area contributed by atoms with E-state index in [1.54, 1.807) is 0 Å². The van der Waals surface area contributed by atoms with Crippen molar-refractivity contribution in [1.82, 2.24) is 9.80 Å². The van der Waals surface area contributed by atoms with Crippen molar-refractivity contribution in [1.29, 1.82) is 0 Å². The van der Waals surface area contributed by atoms with Crippen LogP contribution in [-0.2, 0) is 9.59 Å². The molecule has 0 radical (unpaired) electrons. The minimum Gasteiger partial charge on any atom is -0.340 e. The van der Waals surface area contributed by atoms with Crippen LogP contribution in [0.15, 0.2) is 24.3 Å². The van der Waals surface area contributed by atoms with Gasteiger partial charge in [0.15, 0.2) is 0 Å². The van der Waals surface area contributed by atoms with E-state index >= 15 is 0 Å². The van der Waals surface area contributed by atoms with E-state index in [0.717, 1.165) is 50.1 Å². The van der Waals surface area contributed by atoms with Crippen LogP contribution in [0.3, 0.4) is 0 Å². The Hall–Kier alpha value is -1.88. The molecule has 3 rings (SSSR count). The maximum Gasteiger partial charge on any atom is 0.232 e. The van der Waals surface area contributed by atoms with Gasteiger partial charge < -0.3 is 15.1 Å². The van der Waals surface area contributed by atoms with Gasteiger partial charge in [-0.2, -0.15) is 0 Å². The van der Waals surface area contributed by atoms with Gasteiger partial charge in [0.2, 0.25) is 11.8 Å². The molecule has 1 aromatic carbocycles. The number of hydrogen-bond acceptors (Lipinski definition) is 3. The number of unbranched alkanes of at least 4 members (excludes halogenated alkanes) is 3. The first-order chi connectivity index (χ1) is 13.1.